The summed E-state index contributed by atoms with van der Waals surface area (Å²) < 4.78 is 84.7. The minimum absolute atomic E-state index is 0.0453. The maximum Gasteiger partial charge on any atom is 0.435 e. The standard InChI is InChI=1S/C33H30F6N4O2/c1-40-32(45)27-15-21(8-9-28(27)36)26-7-4-10-41-31(26)22(11-19-12-23(34)16-24(35)13-19)14-25(44)18-43-29(20-5-2-3-6-20)17-30(42-43)33(37,38)39/h4,7-10,12-13,15-17,20,22H,2-3,5-6,11,14,18H2,1H3,(H,40,45)/t22-/m1/s1. The summed E-state index contributed by atoms with van der Waals surface area (Å²) in [7, 11) is 1.36. The second kappa shape index (κ2) is 13.3. The third kappa shape index (κ3) is 7.43. The van der Waals surface area contributed by atoms with Crippen LogP contribution in [0.2, 0.25) is 0 Å². The molecule has 1 amide bonds. The first-order chi connectivity index (χ1) is 21.4. The number of alkyl halides is 3. The average molecular weight is 629 g/mol. The zero-order valence-electron chi connectivity index (χ0n) is 24.3. The number of nitrogens with zero attached hydrogens (tertiary/aromatic N) is 3. The van der Waals surface area contributed by atoms with Crippen LogP contribution in [-0.4, -0.2) is 33.5 Å². The molecule has 0 bridgehead atoms. The summed E-state index contributed by atoms with van der Waals surface area (Å²) in [5.41, 5.74) is 0.481. The van der Waals surface area contributed by atoms with Gasteiger partial charge in [0.2, 0.25) is 0 Å². The van der Waals surface area contributed by atoms with E-state index in [2.05, 4.69) is 15.4 Å². The molecule has 2 heterocycles. The van der Waals surface area contributed by atoms with Crippen molar-refractivity contribution in [3.63, 3.8) is 0 Å². The van der Waals surface area contributed by atoms with Gasteiger partial charge in [-0.2, -0.15) is 18.3 Å². The van der Waals surface area contributed by atoms with Gasteiger partial charge in [-0.3, -0.25) is 19.3 Å². The predicted octanol–water partition coefficient (Wildman–Crippen LogP) is 7.38. The number of amides is 1. The Morgan fingerprint density at radius 3 is 2.38 bits per heavy atom. The van der Waals surface area contributed by atoms with Gasteiger partial charge in [0.1, 0.15) is 17.5 Å². The summed E-state index contributed by atoms with van der Waals surface area (Å²) in [4.78, 5) is 30.4. The van der Waals surface area contributed by atoms with Crippen LogP contribution in [0.15, 0.2) is 60.8 Å². The molecule has 1 saturated carbocycles. The number of nitrogens with one attached hydrogen (secondary N) is 1. The smallest absolute Gasteiger partial charge is 0.355 e. The molecule has 12 heteroatoms. The zero-order valence-corrected chi connectivity index (χ0v) is 24.3. The molecule has 45 heavy (non-hydrogen) atoms. The minimum atomic E-state index is -4.68. The van der Waals surface area contributed by atoms with Crippen LogP contribution >= 0.6 is 0 Å². The normalized spacial score (nSPS) is 14.5. The molecule has 6 nitrogen and oxygen atoms in total. The third-order valence-electron chi connectivity index (χ3n) is 8.05. The number of rotatable bonds is 10. The molecule has 1 aliphatic rings. The Balaban J connectivity index is 1.52. The lowest BCUT2D eigenvalue weighted by Crippen LogP contribution is -2.20. The van der Waals surface area contributed by atoms with Gasteiger partial charge in [0.05, 0.1) is 17.8 Å². The van der Waals surface area contributed by atoms with Crippen molar-refractivity contribution >= 4 is 11.7 Å². The first-order valence-electron chi connectivity index (χ1n) is 14.5. The summed E-state index contributed by atoms with van der Waals surface area (Å²) in [6, 6.07) is 11.2. The number of carbonyl (C=O) groups is 2. The van der Waals surface area contributed by atoms with E-state index in [1.54, 1.807) is 12.1 Å². The van der Waals surface area contributed by atoms with Crippen LogP contribution in [0.1, 0.15) is 76.9 Å². The van der Waals surface area contributed by atoms with Crippen molar-refractivity contribution in [1.82, 2.24) is 20.1 Å². The topological polar surface area (TPSA) is 76.9 Å². The largest absolute Gasteiger partial charge is 0.435 e. The van der Waals surface area contributed by atoms with Crippen LogP contribution in [0, 0.1) is 17.5 Å². The number of ketones is 1. The Morgan fingerprint density at radius 1 is 1.00 bits per heavy atom. The molecule has 236 valence electrons. The van der Waals surface area contributed by atoms with Gasteiger partial charge < -0.3 is 5.32 Å². The van der Waals surface area contributed by atoms with Gasteiger partial charge in [-0.1, -0.05) is 25.0 Å². The fourth-order valence-electron chi connectivity index (χ4n) is 6.02. The number of pyridine rings is 1. The van der Waals surface area contributed by atoms with Crippen molar-refractivity contribution in [2.24, 2.45) is 0 Å². The van der Waals surface area contributed by atoms with E-state index in [0.717, 1.165) is 47.9 Å². The summed E-state index contributed by atoms with van der Waals surface area (Å²) in [6.45, 7) is -0.435. The first-order valence-corrected chi connectivity index (χ1v) is 14.5. The Bertz CT molecular complexity index is 1690. The SMILES string of the molecule is CNC(=O)c1cc(-c2cccnc2[C@@H](CC(=O)Cn2nc(C(F)(F)F)cc2C2CCCC2)Cc2cc(F)cc(F)c2)ccc1F. The summed E-state index contributed by atoms with van der Waals surface area (Å²) in [5, 5.41) is 6.12. The van der Waals surface area contributed by atoms with Crippen molar-refractivity contribution in [3.8, 4) is 11.1 Å². The number of hydrogen-bond donors (Lipinski definition) is 1. The molecule has 1 atom stereocenters. The highest BCUT2D eigenvalue weighted by Crippen LogP contribution is 2.38. The lowest BCUT2D eigenvalue weighted by molar-refractivity contribution is -0.141. The second-order valence-electron chi connectivity index (χ2n) is 11.2. The second-order valence-corrected chi connectivity index (χ2v) is 11.2. The van der Waals surface area contributed by atoms with E-state index in [0.29, 0.717) is 35.4 Å². The number of benzene rings is 2. The molecule has 0 radical (unpaired) electrons. The molecule has 0 spiro atoms. The monoisotopic (exact) mass is 628 g/mol. The fraction of sp³-hybridized carbons (Fsp3) is 0.333. The van der Waals surface area contributed by atoms with Gasteiger partial charge in [-0.25, -0.2) is 13.2 Å². The molecule has 0 saturated heterocycles. The van der Waals surface area contributed by atoms with E-state index in [1.165, 1.54) is 25.4 Å². The lowest BCUT2D eigenvalue weighted by Gasteiger charge is -2.21. The van der Waals surface area contributed by atoms with Gasteiger partial charge >= 0.3 is 6.18 Å². The first kappa shape index (κ1) is 31.9. The van der Waals surface area contributed by atoms with Crippen molar-refractivity contribution in [1.29, 1.82) is 0 Å². The van der Waals surface area contributed by atoms with Gasteiger partial charge in [0.15, 0.2) is 11.5 Å². The highest BCUT2D eigenvalue weighted by Gasteiger charge is 2.37. The van der Waals surface area contributed by atoms with Gasteiger partial charge in [0.25, 0.3) is 5.91 Å². The van der Waals surface area contributed by atoms with Gasteiger partial charge in [-0.15, -0.1) is 0 Å². The molecular weight excluding hydrogens is 598 g/mol. The number of Topliss-reactive ketones (excluding diaryl/α,β-unsaturated/α-hetero) is 1. The Labute approximate surface area is 255 Å². The van der Waals surface area contributed by atoms with E-state index in [-0.39, 0.29) is 29.9 Å². The molecular formula is C33H30F6N4O2. The Hall–Kier alpha value is -4.48. The molecule has 0 aliphatic heterocycles. The maximum absolute atomic E-state index is 14.5. The van der Waals surface area contributed by atoms with Gasteiger partial charge in [-0.05, 0) is 66.8 Å². The predicted molar refractivity (Wildman–Crippen MR) is 154 cm³/mol. The Morgan fingerprint density at radius 2 is 1.71 bits per heavy atom. The molecule has 4 aromatic rings. The quantitative estimate of drug-likeness (QED) is 0.186. The van der Waals surface area contributed by atoms with Crippen LogP contribution < -0.4 is 5.32 Å². The van der Waals surface area contributed by atoms with Crippen LogP contribution in [0.5, 0.6) is 0 Å². The average Bonchev–Trinajstić information content (AvgIpc) is 3.67. The molecule has 1 aliphatic carbocycles. The number of hydrogen-bond acceptors (Lipinski definition) is 4. The van der Waals surface area contributed by atoms with Crippen LogP contribution in [0.25, 0.3) is 11.1 Å². The van der Waals surface area contributed by atoms with E-state index in [9.17, 15) is 35.9 Å². The number of aromatic nitrogens is 3. The van der Waals surface area contributed by atoms with E-state index in [1.807, 2.05) is 0 Å². The van der Waals surface area contributed by atoms with Crippen molar-refractivity contribution in [2.75, 3.05) is 7.05 Å². The number of halogens is 6. The summed E-state index contributed by atoms with van der Waals surface area (Å²) in [5.74, 6) is -4.45. The molecule has 2 aromatic heterocycles. The van der Waals surface area contributed by atoms with E-state index < -0.39 is 53.5 Å². The molecule has 5 rings (SSSR count). The fourth-order valence-corrected chi connectivity index (χ4v) is 6.02. The van der Waals surface area contributed by atoms with E-state index in [4.69, 9.17) is 0 Å². The molecule has 0 unspecified atom stereocenters. The van der Waals surface area contributed by atoms with Crippen molar-refractivity contribution < 1.29 is 35.9 Å². The molecule has 1 fully saturated rings. The maximum atomic E-state index is 14.5. The summed E-state index contributed by atoms with van der Waals surface area (Å²) >= 11 is 0. The highest BCUT2D eigenvalue weighted by molar-refractivity contribution is 5.95. The Kier molecular flexibility index (Phi) is 9.40. The molecule has 2 aromatic carbocycles. The van der Waals surface area contributed by atoms with Crippen LogP contribution in [0.4, 0.5) is 26.3 Å². The van der Waals surface area contributed by atoms with Crippen molar-refractivity contribution in [2.45, 2.75) is 63.1 Å². The zero-order chi connectivity index (χ0) is 32.3. The number of carbonyl (C=O) groups excluding carboxylic acids is 2. The lowest BCUT2D eigenvalue weighted by atomic mass is 9.86. The van der Waals surface area contributed by atoms with Crippen molar-refractivity contribution in [3.05, 3.63) is 106 Å². The molecule has 1 N–H and O–H groups in total. The third-order valence-corrected chi connectivity index (χ3v) is 8.05. The van der Waals surface area contributed by atoms with Crippen LogP contribution in [-0.2, 0) is 23.9 Å². The van der Waals surface area contributed by atoms with E-state index >= 15 is 0 Å². The van der Waals surface area contributed by atoms with Gasteiger partial charge in [0, 0.05) is 48.8 Å². The minimum Gasteiger partial charge on any atom is -0.355 e. The van der Waals surface area contributed by atoms with Crippen LogP contribution in [0.3, 0.4) is 0 Å². The highest BCUT2D eigenvalue weighted by atomic mass is 19.4. The summed E-state index contributed by atoms with van der Waals surface area (Å²) in [6.07, 6.45) is -0.400.